The number of aryl methyl sites for hydroxylation is 3. The fourth-order valence-electron chi connectivity index (χ4n) is 3.42. The van der Waals surface area contributed by atoms with Crippen molar-refractivity contribution in [1.82, 2.24) is 0 Å². The Bertz CT molecular complexity index is 824. The Kier molecular flexibility index (Phi) is 7.15. The van der Waals surface area contributed by atoms with Crippen molar-refractivity contribution in [3.63, 3.8) is 0 Å². The molecule has 0 spiro atoms. The molecule has 0 amide bonds. The first kappa shape index (κ1) is 19.9. The number of halogens is 1. The molecular weight excluding hydrogens is 319 g/mol. The van der Waals surface area contributed by atoms with Gasteiger partial charge in [0.25, 0.3) is 0 Å². The number of hydrogen-bond acceptors (Lipinski definition) is 0. The Morgan fingerprint density at radius 1 is 1.12 bits per heavy atom. The fourth-order valence-corrected chi connectivity index (χ4v) is 3.42. The summed E-state index contributed by atoms with van der Waals surface area (Å²) in [6, 6.07) is 11.5. The zero-order valence-electron chi connectivity index (χ0n) is 16.2. The predicted molar refractivity (Wildman–Crippen MR) is 113 cm³/mol. The molecule has 0 aliphatic rings. The smallest absolute Gasteiger partial charge is 0.123 e. The monoisotopic (exact) mass is 348 g/mol. The van der Waals surface area contributed by atoms with Gasteiger partial charge in [0.15, 0.2) is 0 Å². The molecule has 136 valence electrons. The Morgan fingerprint density at radius 3 is 2.50 bits per heavy atom. The van der Waals surface area contributed by atoms with E-state index in [1.54, 1.807) is 12.1 Å². The maximum Gasteiger partial charge on any atom is 0.123 e. The van der Waals surface area contributed by atoms with Crippen molar-refractivity contribution in [1.29, 1.82) is 0 Å². The minimum Gasteiger partial charge on any atom is -0.207 e. The highest BCUT2D eigenvalue weighted by Gasteiger charge is 2.11. The van der Waals surface area contributed by atoms with Crippen molar-refractivity contribution >= 4 is 11.1 Å². The van der Waals surface area contributed by atoms with Gasteiger partial charge in [0, 0.05) is 0 Å². The van der Waals surface area contributed by atoms with E-state index in [-0.39, 0.29) is 5.82 Å². The van der Waals surface area contributed by atoms with Gasteiger partial charge in [-0.1, -0.05) is 48.6 Å². The molecule has 1 heteroatoms. The van der Waals surface area contributed by atoms with E-state index in [1.807, 2.05) is 12.1 Å². The normalized spacial score (nSPS) is 11.5. The van der Waals surface area contributed by atoms with E-state index in [0.717, 1.165) is 36.8 Å². The zero-order valence-corrected chi connectivity index (χ0v) is 16.2. The molecule has 0 bridgehead atoms. The number of hydrogen-bond donors (Lipinski definition) is 0. The third-order valence-electron chi connectivity index (χ3n) is 4.77. The standard InChI is InChI=1S/C25H29F/c1-6-10-21(7-2)25-17-22(24(18(3)4)15-19(25)5)13-8-11-20-12-9-14-23(26)16-20/h6-7,9,12,14-17H,1,3,8,10-11,13H2,2,4-5H3/b21-7+. The SMILES string of the molecule is C=CC/C(=C\C)c1cc(CCCc2cccc(F)c2)c(C(=C)C)cc1C. The number of allylic oxidation sites excluding steroid dienone is 4. The van der Waals surface area contributed by atoms with Gasteiger partial charge in [-0.3, -0.25) is 0 Å². The van der Waals surface area contributed by atoms with Crippen LogP contribution in [-0.2, 0) is 12.8 Å². The van der Waals surface area contributed by atoms with Crippen LogP contribution in [0.15, 0.2) is 61.7 Å². The molecule has 0 aliphatic carbocycles. The topological polar surface area (TPSA) is 0 Å². The van der Waals surface area contributed by atoms with Gasteiger partial charge < -0.3 is 0 Å². The van der Waals surface area contributed by atoms with E-state index in [9.17, 15) is 4.39 Å². The summed E-state index contributed by atoms with van der Waals surface area (Å²) in [6.45, 7) is 14.3. The predicted octanol–water partition coefficient (Wildman–Crippen LogP) is 7.32. The van der Waals surface area contributed by atoms with Crippen LogP contribution < -0.4 is 0 Å². The molecule has 2 aromatic rings. The summed E-state index contributed by atoms with van der Waals surface area (Å²) in [5, 5.41) is 0. The molecular formula is C25H29F. The highest BCUT2D eigenvalue weighted by Crippen LogP contribution is 2.29. The maximum absolute atomic E-state index is 13.4. The van der Waals surface area contributed by atoms with Crippen LogP contribution in [-0.4, -0.2) is 0 Å². The lowest BCUT2D eigenvalue weighted by molar-refractivity contribution is 0.624. The molecule has 0 fully saturated rings. The second kappa shape index (κ2) is 9.33. The molecule has 0 saturated heterocycles. The summed E-state index contributed by atoms with van der Waals surface area (Å²) in [5.41, 5.74) is 8.56. The van der Waals surface area contributed by atoms with Gasteiger partial charge in [0.1, 0.15) is 5.82 Å². The molecule has 0 atom stereocenters. The highest BCUT2D eigenvalue weighted by atomic mass is 19.1. The van der Waals surface area contributed by atoms with Gasteiger partial charge in [0.05, 0.1) is 0 Å². The van der Waals surface area contributed by atoms with E-state index < -0.39 is 0 Å². The van der Waals surface area contributed by atoms with Crippen LogP contribution in [0.5, 0.6) is 0 Å². The first-order valence-corrected chi connectivity index (χ1v) is 9.26. The van der Waals surface area contributed by atoms with Crippen molar-refractivity contribution in [2.24, 2.45) is 0 Å². The Hall–Kier alpha value is -2.41. The first-order chi connectivity index (χ1) is 12.5. The van der Waals surface area contributed by atoms with Crippen LogP contribution >= 0.6 is 0 Å². The molecule has 0 radical (unpaired) electrons. The van der Waals surface area contributed by atoms with Crippen LogP contribution in [0.25, 0.3) is 11.1 Å². The molecule has 0 unspecified atom stereocenters. The summed E-state index contributed by atoms with van der Waals surface area (Å²) >= 11 is 0. The summed E-state index contributed by atoms with van der Waals surface area (Å²) < 4.78 is 13.4. The van der Waals surface area contributed by atoms with Crippen LogP contribution in [0.2, 0.25) is 0 Å². The highest BCUT2D eigenvalue weighted by molar-refractivity contribution is 5.74. The largest absolute Gasteiger partial charge is 0.207 e. The number of benzene rings is 2. The maximum atomic E-state index is 13.4. The quantitative estimate of drug-likeness (QED) is 0.438. The zero-order chi connectivity index (χ0) is 19.1. The summed E-state index contributed by atoms with van der Waals surface area (Å²) in [7, 11) is 0. The Balaban J connectivity index is 2.27. The van der Waals surface area contributed by atoms with Gasteiger partial charge >= 0.3 is 0 Å². The van der Waals surface area contributed by atoms with Crippen molar-refractivity contribution in [3.05, 3.63) is 95.3 Å². The minimum absolute atomic E-state index is 0.162. The Labute approximate surface area is 157 Å². The van der Waals surface area contributed by atoms with E-state index in [1.165, 1.54) is 33.9 Å². The second-order valence-electron chi connectivity index (χ2n) is 6.89. The van der Waals surface area contributed by atoms with Crippen molar-refractivity contribution < 1.29 is 4.39 Å². The van der Waals surface area contributed by atoms with E-state index >= 15 is 0 Å². The van der Waals surface area contributed by atoms with Crippen molar-refractivity contribution in [2.45, 2.75) is 46.5 Å². The van der Waals surface area contributed by atoms with Crippen LogP contribution in [0.1, 0.15) is 54.5 Å². The van der Waals surface area contributed by atoms with Gasteiger partial charge in [-0.25, -0.2) is 4.39 Å². The van der Waals surface area contributed by atoms with Crippen LogP contribution in [0, 0.1) is 12.7 Å². The van der Waals surface area contributed by atoms with Crippen molar-refractivity contribution in [2.75, 3.05) is 0 Å². The van der Waals surface area contributed by atoms with Gasteiger partial charge in [-0.15, -0.1) is 6.58 Å². The summed E-state index contributed by atoms with van der Waals surface area (Å²) in [6.07, 6.45) is 7.80. The summed E-state index contributed by atoms with van der Waals surface area (Å²) in [5.74, 6) is -0.162. The lowest BCUT2D eigenvalue weighted by Crippen LogP contribution is -1.99. The minimum atomic E-state index is -0.162. The molecule has 0 heterocycles. The van der Waals surface area contributed by atoms with Crippen LogP contribution in [0.3, 0.4) is 0 Å². The molecule has 0 N–H and O–H groups in total. The molecule has 26 heavy (non-hydrogen) atoms. The average Bonchev–Trinajstić information content (AvgIpc) is 2.60. The van der Waals surface area contributed by atoms with E-state index in [4.69, 9.17) is 0 Å². The molecule has 0 aromatic heterocycles. The third kappa shape index (κ3) is 5.05. The summed E-state index contributed by atoms with van der Waals surface area (Å²) in [4.78, 5) is 0. The number of rotatable bonds is 8. The van der Waals surface area contributed by atoms with Crippen LogP contribution in [0.4, 0.5) is 4.39 Å². The molecule has 0 nitrogen and oxygen atoms in total. The van der Waals surface area contributed by atoms with Crippen molar-refractivity contribution in [3.8, 4) is 0 Å². The van der Waals surface area contributed by atoms with E-state index in [2.05, 4.69) is 52.1 Å². The van der Waals surface area contributed by atoms with Gasteiger partial charge in [0.2, 0.25) is 0 Å². The van der Waals surface area contributed by atoms with Gasteiger partial charge in [-0.05, 0) is 92.0 Å². The molecule has 0 saturated carbocycles. The lowest BCUT2D eigenvalue weighted by atomic mass is 9.88. The van der Waals surface area contributed by atoms with Gasteiger partial charge in [-0.2, -0.15) is 0 Å². The molecule has 0 aliphatic heterocycles. The molecule has 2 aromatic carbocycles. The average molecular weight is 349 g/mol. The first-order valence-electron chi connectivity index (χ1n) is 9.26. The third-order valence-corrected chi connectivity index (χ3v) is 4.77. The lowest BCUT2D eigenvalue weighted by Gasteiger charge is -2.16. The van der Waals surface area contributed by atoms with E-state index in [0.29, 0.717) is 0 Å². The fraction of sp³-hybridized carbons (Fsp3) is 0.280. The Morgan fingerprint density at radius 2 is 1.88 bits per heavy atom. The molecule has 2 rings (SSSR count). The second-order valence-corrected chi connectivity index (χ2v) is 6.89.